The quantitative estimate of drug-likeness (QED) is 0.556. The molecule has 0 aliphatic heterocycles. The first-order valence-corrected chi connectivity index (χ1v) is 6.92. The lowest BCUT2D eigenvalue weighted by atomic mass is 10.1. The van der Waals surface area contributed by atoms with E-state index < -0.39 is 5.91 Å². The Morgan fingerprint density at radius 1 is 1.38 bits per heavy atom. The molecular weight excluding hydrogens is 266 g/mol. The summed E-state index contributed by atoms with van der Waals surface area (Å²) in [5, 5.41) is 7.60. The molecule has 1 amide bonds. The maximum atomic E-state index is 11.4. The second kappa shape index (κ2) is 6.30. The van der Waals surface area contributed by atoms with Crippen LogP contribution in [-0.4, -0.2) is 22.2 Å². The molecule has 6 heteroatoms. The predicted molar refractivity (Wildman–Crippen MR) is 84.2 cm³/mol. The minimum atomic E-state index is -0.483. The van der Waals surface area contributed by atoms with Crippen molar-refractivity contribution in [1.82, 2.24) is 9.78 Å². The van der Waals surface area contributed by atoms with Crippen LogP contribution in [0.25, 0.3) is 0 Å². The van der Waals surface area contributed by atoms with Crippen LogP contribution >= 0.6 is 0 Å². The van der Waals surface area contributed by atoms with E-state index in [1.165, 1.54) is 0 Å². The largest absolute Gasteiger partial charge is 0.397 e. The average molecular weight is 287 g/mol. The van der Waals surface area contributed by atoms with Gasteiger partial charge in [-0.3, -0.25) is 9.48 Å². The number of nitrogens with two attached hydrogens (primary N) is 2. The van der Waals surface area contributed by atoms with Gasteiger partial charge in [-0.05, 0) is 38.5 Å². The van der Waals surface area contributed by atoms with Gasteiger partial charge in [-0.1, -0.05) is 6.07 Å². The van der Waals surface area contributed by atoms with Crippen molar-refractivity contribution in [3.63, 3.8) is 0 Å². The normalized spacial score (nSPS) is 10.6. The van der Waals surface area contributed by atoms with Crippen LogP contribution in [-0.2, 0) is 6.54 Å². The van der Waals surface area contributed by atoms with Crippen LogP contribution in [0.4, 0.5) is 11.4 Å². The van der Waals surface area contributed by atoms with Crippen LogP contribution < -0.4 is 16.8 Å². The number of nitrogen functional groups attached to an aromatic ring is 1. The van der Waals surface area contributed by atoms with Crippen molar-refractivity contribution in [3.8, 4) is 0 Å². The van der Waals surface area contributed by atoms with Gasteiger partial charge in [0.2, 0.25) is 0 Å². The molecule has 0 saturated carbocycles. The Labute approximate surface area is 124 Å². The molecule has 2 rings (SSSR count). The Bertz CT molecular complexity index is 648. The molecule has 2 aromatic rings. The first-order valence-electron chi connectivity index (χ1n) is 6.92. The van der Waals surface area contributed by atoms with Crippen molar-refractivity contribution in [1.29, 1.82) is 0 Å². The number of amides is 1. The molecule has 0 spiro atoms. The fourth-order valence-electron chi connectivity index (χ4n) is 2.32. The molecule has 1 aromatic carbocycles. The molecule has 21 heavy (non-hydrogen) atoms. The molecule has 112 valence electrons. The Balaban J connectivity index is 1.95. The standard InChI is InChI=1S/C15H21N5O/c1-10-9-11(2)20(19-10)8-4-7-18-14-12(15(17)21)5-3-6-13(14)16/h3,5-6,9,18H,4,7-8,16H2,1-2H3,(H2,17,21). The van der Waals surface area contributed by atoms with Gasteiger partial charge in [-0.25, -0.2) is 0 Å². The minimum Gasteiger partial charge on any atom is -0.397 e. The molecule has 0 fully saturated rings. The molecule has 6 nitrogen and oxygen atoms in total. The summed E-state index contributed by atoms with van der Waals surface area (Å²) < 4.78 is 1.97. The molecule has 0 unspecified atom stereocenters. The maximum absolute atomic E-state index is 11.4. The van der Waals surface area contributed by atoms with E-state index in [0.717, 1.165) is 24.4 Å². The molecule has 0 aliphatic carbocycles. The summed E-state index contributed by atoms with van der Waals surface area (Å²) in [7, 11) is 0. The van der Waals surface area contributed by atoms with E-state index in [4.69, 9.17) is 11.5 Å². The number of nitrogens with one attached hydrogen (secondary N) is 1. The Kier molecular flexibility index (Phi) is 4.47. The van der Waals surface area contributed by atoms with E-state index in [2.05, 4.69) is 10.4 Å². The number of aryl methyl sites for hydroxylation is 3. The van der Waals surface area contributed by atoms with Crippen LogP contribution in [0.2, 0.25) is 0 Å². The Hall–Kier alpha value is -2.50. The molecule has 0 radical (unpaired) electrons. The van der Waals surface area contributed by atoms with Crippen molar-refractivity contribution in [2.45, 2.75) is 26.8 Å². The number of primary amides is 1. The van der Waals surface area contributed by atoms with Crippen LogP contribution in [0.1, 0.15) is 28.2 Å². The molecule has 5 N–H and O–H groups in total. The Morgan fingerprint density at radius 2 is 2.14 bits per heavy atom. The maximum Gasteiger partial charge on any atom is 0.250 e. The summed E-state index contributed by atoms with van der Waals surface area (Å²) in [6.45, 7) is 5.51. The fraction of sp³-hybridized carbons (Fsp3) is 0.333. The highest BCUT2D eigenvalue weighted by Gasteiger charge is 2.10. The van der Waals surface area contributed by atoms with Crippen LogP contribution in [0.15, 0.2) is 24.3 Å². The number of carbonyl (C=O) groups excluding carboxylic acids is 1. The highest BCUT2D eigenvalue weighted by molar-refractivity contribution is 6.01. The minimum absolute atomic E-state index is 0.418. The third kappa shape index (κ3) is 3.53. The van der Waals surface area contributed by atoms with Crippen molar-refractivity contribution in [3.05, 3.63) is 41.2 Å². The first-order chi connectivity index (χ1) is 9.99. The number of carbonyl (C=O) groups is 1. The zero-order valence-electron chi connectivity index (χ0n) is 12.4. The van der Waals surface area contributed by atoms with Crippen molar-refractivity contribution in [2.75, 3.05) is 17.6 Å². The lowest BCUT2D eigenvalue weighted by Gasteiger charge is -2.13. The summed E-state index contributed by atoms with van der Waals surface area (Å²) in [5.41, 5.74) is 15.0. The summed E-state index contributed by atoms with van der Waals surface area (Å²) in [6.07, 6.45) is 0.870. The SMILES string of the molecule is Cc1cc(C)n(CCCNc2c(N)cccc2C(N)=O)n1. The molecule has 0 atom stereocenters. The van der Waals surface area contributed by atoms with Gasteiger partial charge in [0.25, 0.3) is 5.91 Å². The highest BCUT2D eigenvalue weighted by atomic mass is 16.1. The second-order valence-corrected chi connectivity index (χ2v) is 5.06. The molecule has 1 aromatic heterocycles. The molecule has 0 aliphatic rings. The van der Waals surface area contributed by atoms with Crippen molar-refractivity contribution >= 4 is 17.3 Å². The Morgan fingerprint density at radius 3 is 2.76 bits per heavy atom. The topological polar surface area (TPSA) is 99.0 Å². The van der Waals surface area contributed by atoms with Crippen LogP contribution in [0.3, 0.4) is 0 Å². The third-order valence-corrected chi connectivity index (χ3v) is 3.31. The molecule has 0 bridgehead atoms. The number of rotatable bonds is 6. The smallest absolute Gasteiger partial charge is 0.250 e. The van der Waals surface area contributed by atoms with E-state index >= 15 is 0 Å². The summed E-state index contributed by atoms with van der Waals surface area (Å²) in [5.74, 6) is -0.483. The summed E-state index contributed by atoms with van der Waals surface area (Å²) >= 11 is 0. The zero-order chi connectivity index (χ0) is 15.4. The number of aromatic nitrogens is 2. The second-order valence-electron chi connectivity index (χ2n) is 5.06. The number of hydrogen-bond donors (Lipinski definition) is 3. The van der Waals surface area contributed by atoms with Gasteiger partial charge in [0, 0.05) is 18.8 Å². The lowest BCUT2D eigenvalue weighted by Crippen LogP contribution is -2.17. The summed E-state index contributed by atoms with van der Waals surface area (Å²) in [6, 6.07) is 7.18. The number of anilines is 2. The van der Waals surface area contributed by atoms with E-state index in [1.807, 2.05) is 24.6 Å². The summed E-state index contributed by atoms with van der Waals surface area (Å²) in [4.78, 5) is 11.4. The van der Waals surface area contributed by atoms with Gasteiger partial charge in [0.05, 0.1) is 22.6 Å². The zero-order valence-corrected chi connectivity index (χ0v) is 12.4. The molecule has 1 heterocycles. The number of benzene rings is 1. The fourth-order valence-corrected chi connectivity index (χ4v) is 2.32. The van der Waals surface area contributed by atoms with Crippen molar-refractivity contribution < 1.29 is 4.79 Å². The average Bonchev–Trinajstić information content (AvgIpc) is 2.74. The number of para-hydroxylation sites is 1. The van der Waals surface area contributed by atoms with E-state index in [1.54, 1.807) is 18.2 Å². The number of nitrogens with zero attached hydrogens (tertiary/aromatic N) is 2. The van der Waals surface area contributed by atoms with Gasteiger partial charge < -0.3 is 16.8 Å². The van der Waals surface area contributed by atoms with E-state index in [-0.39, 0.29) is 0 Å². The van der Waals surface area contributed by atoms with Gasteiger partial charge in [-0.15, -0.1) is 0 Å². The number of hydrogen-bond acceptors (Lipinski definition) is 4. The van der Waals surface area contributed by atoms with Gasteiger partial charge in [0.15, 0.2) is 0 Å². The van der Waals surface area contributed by atoms with E-state index in [9.17, 15) is 4.79 Å². The highest BCUT2D eigenvalue weighted by Crippen LogP contribution is 2.22. The first kappa shape index (κ1) is 14.9. The third-order valence-electron chi connectivity index (χ3n) is 3.31. The monoisotopic (exact) mass is 287 g/mol. The van der Waals surface area contributed by atoms with Gasteiger partial charge in [-0.2, -0.15) is 5.10 Å². The van der Waals surface area contributed by atoms with Gasteiger partial charge in [0.1, 0.15) is 0 Å². The van der Waals surface area contributed by atoms with Gasteiger partial charge >= 0.3 is 0 Å². The lowest BCUT2D eigenvalue weighted by molar-refractivity contribution is 0.100. The van der Waals surface area contributed by atoms with Crippen LogP contribution in [0.5, 0.6) is 0 Å². The van der Waals surface area contributed by atoms with Crippen LogP contribution in [0, 0.1) is 13.8 Å². The van der Waals surface area contributed by atoms with Crippen molar-refractivity contribution in [2.24, 2.45) is 5.73 Å². The van der Waals surface area contributed by atoms with E-state index in [0.29, 0.717) is 23.5 Å². The molecular formula is C15H21N5O. The molecule has 0 saturated heterocycles. The predicted octanol–water partition coefficient (Wildman–Crippen LogP) is 1.68.